The van der Waals surface area contributed by atoms with Crippen LogP contribution in [0.15, 0.2) is 48.5 Å². The van der Waals surface area contributed by atoms with E-state index in [9.17, 15) is 4.39 Å². The van der Waals surface area contributed by atoms with Crippen molar-refractivity contribution in [1.82, 2.24) is 0 Å². The minimum Gasteiger partial charge on any atom is -0.458 e. The molecule has 3 nitrogen and oxygen atoms in total. The van der Waals surface area contributed by atoms with Crippen LogP contribution in [-0.2, 0) is 15.9 Å². The van der Waals surface area contributed by atoms with E-state index in [-0.39, 0.29) is 12.2 Å². The van der Waals surface area contributed by atoms with Crippen LogP contribution in [0.3, 0.4) is 0 Å². The van der Waals surface area contributed by atoms with E-state index in [1.807, 2.05) is 24.3 Å². The molecular weight excluding hydrogens is 271 g/mol. The van der Waals surface area contributed by atoms with Gasteiger partial charge in [0.05, 0.1) is 0 Å². The molecule has 0 amide bonds. The lowest BCUT2D eigenvalue weighted by molar-refractivity contribution is -0.216. The largest absolute Gasteiger partial charge is 0.458 e. The summed E-state index contributed by atoms with van der Waals surface area (Å²) in [7, 11) is 3.16. The minimum absolute atomic E-state index is 0.267. The number of benzene rings is 2. The number of hydrogen-bond donors (Lipinski definition) is 0. The van der Waals surface area contributed by atoms with Crippen molar-refractivity contribution in [2.75, 3.05) is 14.2 Å². The molecule has 2 unspecified atom stereocenters. The van der Waals surface area contributed by atoms with Crippen LogP contribution in [0.4, 0.5) is 4.39 Å². The number of ether oxygens (including phenoxy) is 3. The first-order valence-corrected chi connectivity index (χ1v) is 6.79. The van der Waals surface area contributed by atoms with Crippen LogP contribution in [0.25, 0.3) is 0 Å². The first kappa shape index (κ1) is 14.0. The van der Waals surface area contributed by atoms with Crippen molar-refractivity contribution in [3.8, 4) is 5.75 Å². The summed E-state index contributed by atoms with van der Waals surface area (Å²) in [6.07, 6.45) is -0.137. The van der Waals surface area contributed by atoms with Gasteiger partial charge in [0.2, 0.25) is 5.79 Å². The van der Waals surface area contributed by atoms with Gasteiger partial charge in [-0.05, 0) is 17.7 Å². The Morgan fingerprint density at radius 3 is 2.52 bits per heavy atom. The minimum atomic E-state index is -1.05. The van der Waals surface area contributed by atoms with E-state index in [1.165, 1.54) is 6.07 Å². The number of methoxy groups -OCH3 is 2. The van der Waals surface area contributed by atoms with Gasteiger partial charge in [-0.3, -0.25) is 0 Å². The van der Waals surface area contributed by atoms with Crippen molar-refractivity contribution in [2.24, 2.45) is 0 Å². The molecule has 110 valence electrons. The van der Waals surface area contributed by atoms with E-state index in [0.29, 0.717) is 11.3 Å². The quantitative estimate of drug-likeness (QED) is 0.862. The van der Waals surface area contributed by atoms with E-state index in [0.717, 1.165) is 5.56 Å². The molecule has 0 aliphatic carbocycles. The highest BCUT2D eigenvalue weighted by atomic mass is 19.1. The Bertz CT molecular complexity index is 643. The first-order valence-electron chi connectivity index (χ1n) is 6.79. The Hall–Kier alpha value is -1.91. The maximum atomic E-state index is 14.0. The smallest absolute Gasteiger partial charge is 0.245 e. The summed E-state index contributed by atoms with van der Waals surface area (Å²) in [6, 6.07) is 14.2. The van der Waals surface area contributed by atoms with Crippen LogP contribution in [0, 0.1) is 5.82 Å². The molecule has 21 heavy (non-hydrogen) atoms. The molecule has 3 rings (SSSR count). The van der Waals surface area contributed by atoms with Gasteiger partial charge < -0.3 is 14.2 Å². The van der Waals surface area contributed by atoms with E-state index >= 15 is 0 Å². The second-order valence-electron chi connectivity index (χ2n) is 5.04. The van der Waals surface area contributed by atoms with Crippen molar-refractivity contribution < 1.29 is 18.6 Å². The maximum Gasteiger partial charge on any atom is 0.245 e. The number of rotatable bonds is 4. The van der Waals surface area contributed by atoms with E-state index in [2.05, 4.69) is 0 Å². The van der Waals surface area contributed by atoms with Crippen molar-refractivity contribution >= 4 is 0 Å². The highest BCUT2D eigenvalue weighted by molar-refractivity contribution is 5.41. The van der Waals surface area contributed by atoms with Crippen LogP contribution in [0.1, 0.15) is 17.2 Å². The molecule has 0 bridgehead atoms. The molecule has 2 atom stereocenters. The molecule has 0 saturated carbocycles. The average molecular weight is 288 g/mol. The van der Waals surface area contributed by atoms with Crippen LogP contribution in [0.5, 0.6) is 5.75 Å². The summed E-state index contributed by atoms with van der Waals surface area (Å²) >= 11 is 0. The van der Waals surface area contributed by atoms with Crippen LogP contribution in [-0.4, -0.2) is 20.0 Å². The number of hydrogen-bond acceptors (Lipinski definition) is 3. The number of halogens is 1. The fraction of sp³-hybridized carbons (Fsp3) is 0.294. The Labute approximate surface area is 123 Å². The van der Waals surface area contributed by atoms with Gasteiger partial charge >= 0.3 is 0 Å². The molecule has 1 aliphatic heterocycles. The lowest BCUT2D eigenvalue weighted by atomic mass is 9.96. The molecular formula is C17H17FO3. The molecule has 0 aromatic heterocycles. The lowest BCUT2D eigenvalue weighted by Crippen LogP contribution is -2.43. The molecule has 0 saturated heterocycles. The topological polar surface area (TPSA) is 27.7 Å². The highest BCUT2D eigenvalue weighted by Gasteiger charge is 2.50. The molecule has 0 N–H and O–H groups in total. The van der Waals surface area contributed by atoms with Crippen molar-refractivity contribution in [1.29, 1.82) is 0 Å². The fourth-order valence-electron chi connectivity index (χ4n) is 2.83. The van der Waals surface area contributed by atoms with Crippen LogP contribution < -0.4 is 4.74 Å². The Morgan fingerprint density at radius 2 is 1.81 bits per heavy atom. The molecule has 0 radical (unpaired) electrons. The molecule has 2 aromatic carbocycles. The summed E-state index contributed by atoms with van der Waals surface area (Å²) in [5.74, 6) is -0.619. The van der Waals surface area contributed by atoms with E-state index in [4.69, 9.17) is 14.2 Å². The van der Waals surface area contributed by atoms with E-state index in [1.54, 1.807) is 32.4 Å². The molecule has 2 aromatic rings. The average Bonchev–Trinajstić information content (AvgIpc) is 2.83. The van der Waals surface area contributed by atoms with Gasteiger partial charge in [0.25, 0.3) is 0 Å². The summed E-state index contributed by atoms with van der Waals surface area (Å²) < 4.78 is 31.2. The Morgan fingerprint density at radius 1 is 1.10 bits per heavy atom. The van der Waals surface area contributed by atoms with Gasteiger partial charge in [0, 0.05) is 26.2 Å². The van der Waals surface area contributed by atoms with Crippen molar-refractivity contribution in [3.63, 3.8) is 0 Å². The summed E-state index contributed by atoms with van der Waals surface area (Å²) in [4.78, 5) is 0. The normalized spacial score (nSPS) is 23.7. The zero-order valence-electron chi connectivity index (χ0n) is 12.0. The molecule has 1 heterocycles. The monoisotopic (exact) mass is 288 g/mol. The predicted octanol–water partition coefficient (Wildman–Crippen LogP) is 3.49. The summed E-state index contributed by atoms with van der Waals surface area (Å²) in [6.45, 7) is 0. The van der Waals surface area contributed by atoms with Gasteiger partial charge in [-0.15, -0.1) is 0 Å². The first-order chi connectivity index (χ1) is 10.2. The highest BCUT2D eigenvalue weighted by Crippen LogP contribution is 2.47. The number of para-hydroxylation sites is 1. The predicted molar refractivity (Wildman–Crippen MR) is 76.7 cm³/mol. The Kier molecular flexibility index (Phi) is 3.66. The fourth-order valence-corrected chi connectivity index (χ4v) is 2.83. The maximum absolute atomic E-state index is 14.0. The van der Waals surface area contributed by atoms with Gasteiger partial charge in [0.1, 0.15) is 11.6 Å². The number of fused-ring (bicyclic) bond motifs is 1. The lowest BCUT2D eigenvalue weighted by Gasteiger charge is -2.32. The Balaban J connectivity index is 2.00. The zero-order chi connectivity index (χ0) is 14.9. The third-order valence-electron chi connectivity index (χ3n) is 3.86. The summed E-state index contributed by atoms with van der Waals surface area (Å²) in [5.41, 5.74) is 1.45. The molecule has 0 fully saturated rings. The van der Waals surface area contributed by atoms with Gasteiger partial charge in [-0.1, -0.05) is 36.4 Å². The van der Waals surface area contributed by atoms with Crippen LogP contribution >= 0.6 is 0 Å². The van der Waals surface area contributed by atoms with Gasteiger partial charge in [0.15, 0.2) is 6.10 Å². The third-order valence-corrected chi connectivity index (χ3v) is 3.86. The van der Waals surface area contributed by atoms with Crippen molar-refractivity contribution in [3.05, 3.63) is 65.5 Å². The second kappa shape index (κ2) is 5.47. The summed E-state index contributed by atoms with van der Waals surface area (Å²) in [5, 5.41) is 0. The third kappa shape index (κ3) is 2.30. The molecule has 4 heteroatoms. The van der Waals surface area contributed by atoms with Gasteiger partial charge in [-0.25, -0.2) is 4.39 Å². The van der Waals surface area contributed by atoms with Crippen molar-refractivity contribution in [2.45, 2.75) is 18.3 Å². The SMILES string of the molecule is COC1c2ccccc2OC1(Cc1ccccc1F)OC. The van der Waals surface area contributed by atoms with E-state index < -0.39 is 11.9 Å². The van der Waals surface area contributed by atoms with Crippen LogP contribution in [0.2, 0.25) is 0 Å². The zero-order valence-corrected chi connectivity index (χ0v) is 12.0. The van der Waals surface area contributed by atoms with Gasteiger partial charge in [-0.2, -0.15) is 0 Å². The molecule has 1 aliphatic rings. The molecule has 0 spiro atoms. The second-order valence-corrected chi connectivity index (χ2v) is 5.04. The standard InChI is InChI=1S/C17H17FO3/c1-19-16-13-8-4-6-10-15(13)21-17(16,20-2)11-12-7-3-5-9-14(12)18/h3-10,16H,11H2,1-2H3.